The third-order valence-corrected chi connectivity index (χ3v) is 15.0. The number of carbonyl (C=O) groups excluding carboxylic acids is 2. The van der Waals surface area contributed by atoms with Crippen molar-refractivity contribution in [1.82, 2.24) is 40.2 Å². The molecule has 15 nitrogen and oxygen atoms in total. The minimum atomic E-state index is -3.67. The molecule has 0 bridgehead atoms. The summed E-state index contributed by atoms with van der Waals surface area (Å²) in [5.41, 5.74) is 5.04. The first-order valence-electron chi connectivity index (χ1n) is 19.4. The summed E-state index contributed by atoms with van der Waals surface area (Å²) in [5.74, 6) is 0.165. The van der Waals surface area contributed by atoms with E-state index in [1.54, 1.807) is 135 Å². The van der Waals surface area contributed by atoms with Gasteiger partial charge in [0.15, 0.2) is 5.65 Å². The predicted octanol–water partition coefficient (Wildman–Crippen LogP) is 6.99. The Bertz CT molecular complexity index is 3120. The summed E-state index contributed by atoms with van der Waals surface area (Å²) < 4.78 is 59.4. The fraction of sp³-hybridized carbons (Fsp3) is 0.182. The molecule has 0 radical (unpaired) electrons. The molecule has 0 atom stereocenters. The van der Waals surface area contributed by atoms with Gasteiger partial charge in [0.1, 0.15) is 15.6 Å². The van der Waals surface area contributed by atoms with Crippen LogP contribution in [0.3, 0.4) is 0 Å². The number of aromatic nitrogens is 6. The van der Waals surface area contributed by atoms with Crippen LogP contribution in [0.5, 0.6) is 5.75 Å². The maximum Gasteiger partial charge on any atom is 0.253 e. The molecule has 0 unspecified atom stereocenters. The lowest BCUT2D eigenvalue weighted by Gasteiger charge is -2.11. The quantitative estimate of drug-likeness (QED) is 0.108. The highest BCUT2D eigenvalue weighted by atomic mass is 32.2. The van der Waals surface area contributed by atoms with Gasteiger partial charge < -0.3 is 19.8 Å². The van der Waals surface area contributed by atoms with Gasteiger partial charge in [0.05, 0.1) is 49.3 Å². The number of nitrogens with zero attached hydrogens (tertiary/aromatic N) is 5. The third kappa shape index (κ3) is 9.72. The molecule has 0 saturated heterocycles. The summed E-state index contributed by atoms with van der Waals surface area (Å²) in [6.45, 7) is 8.38. The largest absolute Gasteiger partial charge is 0.494 e. The van der Waals surface area contributed by atoms with E-state index in [2.05, 4.69) is 35.8 Å². The molecule has 0 spiro atoms. The van der Waals surface area contributed by atoms with Crippen LogP contribution in [-0.4, -0.2) is 64.8 Å². The Hall–Kier alpha value is -6.76. The number of thiazole rings is 1. The number of ether oxygens (including phenoxy) is 1. The maximum atomic E-state index is 13.1. The number of sulfone groups is 2. The van der Waals surface area contributed by atoms with Crippen molar-refractivity contribution in [2.45, 2.75) is 66.1 Å². The van der Waals surface area contributed by atoms with E-state index < -0.39 is 19.7 Å². The number of hydrogen-bond donors (Lipinski definition) is 3. The first kappa shape index (κ1) is 43.3. The topological polar surface area (TPSA) is 207 Å². The fourth-order valence-electron chi connectivity index (χ4n) is 6.39. The van der Waals surface area contributed by atoms with Crippen molar-refractivity contribution < 1.29 is 31.2 Å². The number of benzene rings is 3. The number of H-pyrrole nitrogens is 1. The lowest BCUT2D eigenvalue weighted by molar-refractivity contribution is 0.0942. The third-order valence-electron chi connectivity index (χ3n) is 9.59. The van der Waals surface area contributed by atoms with Crippen molar-refractivity contribution in [3.8, 4) is 5.75 Å². The molecule has 318 valence electrons. The molecule has 0 aliphatic rings. The van der Waals surface area contributed by atoms with Crippen LogP contribution >= 0.6 is 11.3 Å². The Labute approximate surface area is 362 Å². The number of aromatic amines is 1. The summed E-state index contributed by atoms with van der Waals surface area (Å²) in [4.78, 5) is 38.0. The zero-order valence-corrected chi connectivity index (χ0v) is 36.6. The lowest BCUT2D eigenvalue weighted by atomic mass is 10.2. The van der Waals surface area contributed by atoms with Gasteiger partial charge in [0.2, 0.25) is 19.7 Å². The average molecular weight is 891 g/mol. The van der Waals surface area contributed by atoms with E-state index in [-0.39, 0.29) is 37.3 Å². The van der Waals surface area contributed by atoms with E-state index in [0.717, 1.165) is 28.6 Å². The molecule has 0 aliphatic carbocycles. The summed E-state index contributed by atoms with van der Waals surface area (Å²) in [6, 6.07) is 23.2. The van der Waals surface area contributed by atoms with Gasteiger partial charge in [0, 0.05) is 43.3 Å². The van der Waals surface area contributed by atoms with E-state index in [9.17, 15) is 26.4 Å². The molecule has 3 N–H and O–H groups in total. The van der Waals surface area contributed by atoms with Gasteiger partial charge in [-0.2, -0.15) is 5.10 Å². The zero-order valence-electron chi connectivity index (χ0n) is 34.1. The van der Waals surface area contributed by atoms with Crippen LogP contribution in [-0.2, 0) is 32.8 Å². The van der Waals surface area contributed by atoms with E-state index in [1.165, 1.54) is 17.5 Å². The van der Waals surface area contributed by atoms with Gasteiger partial charge in [-0.1, -0.05) is 31.2 Å². The molecular formula is C44H42N8O7S3. The van der Waals surface area contributed by atoms with Crippen LogP contribution in [0.15, 0.2) is 135 Å². The van der Waals surface area contributed by atoms with E-state index in [0.29, 0.717) is 51.9 Å². The van der Waals surface area contributed by atoms with Crippen molar-refractivity contribution in [3.05, 3.63) is 154 Å². The number of rotatable bonds is 13. The Morgan fingerprint density at radius 3 is 2.06 bits per heavy atom. The van der Waals surface area contributed by atoms with Crippen LogP contribution in [0.25, 0.3) is 16.7 Å². The summed E-state index contributed by atoms with van der Waals surface area (Å²) in [5, 5.41) is 13.8. The van der Waals surface area contributed by atoms with Crippen molar-refractivity contribution in [2.24, 2.45) is 0 Å². The van der Waals surface area contributed by atoms with E-state index in [1.807, 2.05) is 6.92 Å². The van der Waals surface area contributed by atoms with Crippen LogP contribution in [0, 0.1) is 20.8 Å². The van der Waals surface area contributed by atoms with Gasteiger partial charge in [0.25, 0.3) is 11.8 Å². The molecule has 62 heavy (non-hydrogen) atoms. The van der Waals surface area contributed by atoms with E-state index >= 15 is 0 Å². The minimum Gasteiger partial charge on any atom is -0.494 e. The smallest absolute Gasteiger partial charge is 0.253 e. The number of carbonyl (C=O) groups is 2. The molecule has 3 aromatic carbocycles. The summed E-state index contributed by atoms with van der Waals surface area (Å²) >= 11 is 1.17. The highest BCUT2D eigenvalue weighted by Crippen LogP contribution is 2.30. The predicted molar refractivity (Wildman–Crippen MR) is 234 cm³/mol. The molecule has 8 aromatic rings. The first-order valence-corrected chi connectivity index (χ1v) is 23.1. The Morgan fingerprint density at radius 1 is 0.774 bits per heavy atom. The number of fused-ring (bicyclic) bond motifs is 2. The fourth-order valence-corrected chi connectivity index (χ4v) is 10.7. The molecule has 0 saturated carbocycles. The van der Waals surface area contributed by atoms with Gasteiger partial charge in [-0.25, -0.2) is 31.8 Å². The lowest BCUT2D eigenvalue weighted by Crippen LogP contribution is -2.23. The Balaban J connectivity index is 0.000000188. The van der Waals surface area contributed by atoms with Crippen molar-refractivity contribution >= 4 is 59.5 Å². The van der Waals surface area contributed by atoms with Crippen LogP contribution < -0.4 is 15.4 Å². The molecule has 5 aromatic heterocycles. The first-order chi connectivity index (χ1) is 29.7. The maximum absolute atomic E-state index is 13.1. The van der Waals surface area contributed by atoms with Crippen LogP contribution in [0.1, 0.15) is 61.5 Å². The molecular weight excluding hydrogens is 849 g/mol. The number of hydrogen-bond acceptors (Lipinski definition) is 12. The van der Waals surface area contributed by atoms with Gasteiger partial charge in [-0.3, -0.25) is 14.7 Å². The van der Waals surface area contributed by atoms with Crippen molar-refractivity contribution in [2.75, 3.05) is 6.61 Å². The Kier molecular flexibility index (Phi) is 12.9. The molecule has 5 heterocycles. The van der Waals surface area contributed by atoms with E-state index in [4.69, 9.17) is 4.74 Å². The second kappa shape index (κ2) is 18.5. The highest BCUT2D eigenvalue weighted by molar-refractivity contribution is 7.93. The zero-order chi connectivity index (χ0) is 44.0. The number of amides is 2. The number of imidazole rings is 1. The second-order valence-electron chi connectivity index (χ2n) is 14.2. The van der Waals surface area contributed by atoms with Crippen LogP contribution in [0.2, 0.25) is 0 Å². The molecule has 8 rings (SSSR count). The van der Waals surface area contributed by atoms with Gasteiger partial charge >= 0.3 is 0 Å². The monoisotopic (exact) mass is 890 g/mol. The van der Waals surface area contributed by atoms with Crippen LogP contribution in [0.4, 0.5) is 0 Å². The van der Waals surface area contributed by atoms with Gasteiger partial charge in [-0.05, 0) is 105 Å². The van der Waals surface area contributed by atoms with Gasteiger partial charge in [-0.15, -0.1) is 11.3 Å². The molecule has 2 amide bonds. The molecule has 18 heteroatoms. The standard InChI is InChI=1S/C24H24N4O4S.C20H18N4O3S2/c1-3-10-32-20-6-9-22(16(2)11-20)33(30,31)21-7-4-17(5-8-21)13-26-24(29)19-12-18-15-27-28-23(18)25-14-19;1-13-20(28-14(2)23-13)29(26,27)17-6-3-15(4-7-17)11-22-19(25)16-5-8-18-21-9-10-24(18)12-16/h4-9,11-12,14-15H,3,10,13H2,1-2H3,(H,26,29)(H,25,27,28);3-10,12H,11H2,1-2H3,(H,22,25). The summed E-state index contributed by atoms with van der Waals surface area (Å²) in [7, 11) is -7.27. The minimum absolute atomic E-state index is 0.192. The molecule has 0 fully saturated rings. The Morgan fingerprint density at radius 2 is 1.44 bits per heavy atom. The molecule has 0 aliphatic heterocycles. The van der Waals surface area contributed by atoms with Crippen molar-refractivity contribution in [3.63, 3.8) is 0 Å². The van der Waals surface area contributed by atoms with Crippen molar-refractivity contribution in [1.29, 1.82) is 0 Å². The SMILES string of the molecule is CCCOc1ccc(S(=O)(=O)c2ccc(CNC(=O)c3cnc4[nH]ncc4c3)cc2)c(C)c1.Cc1nc(C)c(S(=O)(=O)c2ccc(CNC(=O)c3ccc4nccn4c3)cc2)s1. The number of nitrogens with one attached hydrogen (secondary N) is 3. The normalized spacial score (nSPS) is 11.5. The number of aryl methyl sites for hydroxylation is 3. The highest BCUT2D eigenvalue weighted by Gasteiger charge is 2.24. The number of pyridine rings is 2. The summed E-state index contributed by atoms with van der Waals surface area (Å²) in [6.07, 6.45) is 9.12. The average Bonchev–Trinajstić information content (AvgIpc) is 4.03. The second-order valence-corrected chi connectivity index (χ2v) is 19.5.